The number of hydrogen-bond donors (Lipinski definition) is 1. The molecular formula is C16H19BrClNO2. The summed E-state index contributed by atoms with van der Waals surface area (Å²) in [5, 5.41) is 3.92. The molecule has 0 amide bonds. The number of benzene rings is 1. The lowest BCUT2D eigenvalue weighted by atomic mass is 10.2. The summed E-state index contributed by atoms with van der Waals surface area (Å²) in [5.74, 6) is 2.41. The van der Waals surface area contributed by atoms with Crippen LogP contribution in [0.4, 0.5) is 0 Å². The van der Waals surface area contributed by atoms with Crippen LogP contribution in [-0.4, -0.2) is 6.54 Å². The van der Waals surface area contributed by atoms with Crippen molar-refractivity contribution < 1.29 is 9.15 Å². The van der Waals surface area contributed by atoms with E-state index in [2.05, 4.69) is 28.2 Å². The third-order valence-corrected chi connectivity index (χ3v) is 3.85. The van der Waals surface area contributed by atoms with Crippen LogP contribution < -0.4 is 10.1 Å². The highest BCUT2D eigenvalue weighted by atomic mass is 79.9. The predicted molar refractivity (Wildman–Crippen MR) is 88.9 cm³/mol. The van der Waals surface area contributed by atoms with E-state index in [0.29, 0.717) is 17.4 Å². The number of furan rings is 1. The van der Waals surface area contributed by atoms with Gasteiger partial charge in [-0.3, -0.25) is 0 Å². The zero-order valence-electron chi connectivity index (χ0n) is 12.2. The number of halogens is 2. The van der Waals surface area contributed by atoms with Crippen LogP contribution in [0.5, 0.6) is 5.75 Å². The molecule has 0 atom stereocenters. The second-order valence-corrected chi connectivity index (χ2v) is 6.18. The molecule has 3 nitrogen and oxygen atoms in total. The highest BCUT2D eigenvalue weighted by Gasteiger charge is 2.09. The molecule has 1 aromatic heterocycles. The van der Waals surface area contributed by atoms with Crippen LogP contribution in [0.1, 0.15) is 30.4 Å². The van der Waals surface area contributed by atoms with Gasteiger partial charge in [-0.1, -0.05) is 34.5 Å². The van der Waals surface area contributed by atoms with Crippen molar-refractivity contribution in [2.24, 2.45) is 0 Å². The maximum absolute atomic E-state index is 6.10. The topological polar surface area (TPSA) is 34.4 Å². The molecule has 0 saturated carbocycles. The van der Waals surface area contributed by atoms with Gasteiger partial charge in [0.1, 0.15) is 23.9 Å². The molecule has 0 bridgehead atoms. The summed E-state index contributed by atoms with van der Waals surface area (Å²) < 4.78 is 12.5. The first kappa shape index (κ1) is 16.4. The fourth-order valence-corrected chi connectivity index (χ4v) is 2.46. The van der Waals surface area contributed by atoms with Crippen molar-refractivity contribution >= 4 is 27.5 Å². The van der Waals surface area contributed by atoms with E-state index in [-0.39, 0.29) is 0 Å². The first-order chi connectivity index (χ1) is 10.1. The Morgan fingerprint density at radius 1 is 1.33 bits per heavy atom. The van der Waals surface area contributed by atoms with Gasteiger partial charge in [0, 0.05) is 4.47 Å². The standard InChI is InChI=1S/C16H19BrClNO2/c1-3-6-19-9-16-11(2)7-13(21-16)10-20-15-8-12(17)4-5-14(15)18/h4-5,7-8,19H,3,6,9-10H2,1-2H3. The summed E-state index contributed by atoms with van der Waals surface area (Å²) in [7, 11) is 0. The van der Waals surface area contributed by atoms with Crippen LogP contribution in [0.3, 0.4) is 0 Å². The first-order valence-corrected chi connectivity index (χ1v) is 8.14. The fraction of sp³-hybridized carbons (Fsp3) is 0.375. The monoisotopic (exact) mass is 371 g/mol. The van der Waals surface area contributed by atoms with Crippen LogP contribution in [0.25, 0.3) is 0 Å². The van der Waals surface area contributed by atoms with Gasteiger partial charge in [-0.25, -0.2) is 0 Å². The highest BCUT2D eigenvalue weighted by Crippen LogP contribution is 2.29. The normalized spacial score (nSPS) is 10.9. The molecule has 0 aliphatic carbocycles. The summed E-state index contributed by atoms with van der Waals surface area (Å²) in [4.78, 5) is 0. The Labute approximate surface area is 138 Å². The minimum Gasteiger partial charge on any atom is -0.484 e. The van der Waals surface area contributed by atoms with Crippen molar-refractivity contribution in [3.05, 3.63) is 50.8 Å². The minimum absolute atomic E-state index is 0.366. The number of ether oxygens (including phenoxy) is 1. The second kappa shape index (κ2) is 7.87. The molecule has 2 aromatic rings. The van der Waals surface area contributed by atoms with Crippen molar-refractivity contribution in [2.75, 3.05) is 6.54 Å². The van der Waals surface area contributed by atoms with Crippen LogP contribution in [0.2, 0.25) is 5.02 Å². The van der Waals surface area contributed by atoms with Crippen molar-refractivity contribution in [1.29, 1.82) is 0 Å². The molecule has 5 heteroatoms. The van der Waals surface area contributed by atoms with Gasteiger partial charge in [0.05, 0.1) is 11.6 Å². The largest absolute Gasteiger partial charge is 0.484 e. The van der Waals surface area contributed by atoms with Crippen LogP contribution in [0, 0.1) is 6.92 Å². The molecule has 0 unspecified atom stereocenters. The fourth-order valence-electron chi connectivity index (χ4n) is 1.95. The average Bonchev–Trinajstić information content (AvgIpc) is 2.81. The van der Waals surface area contributed by atoms with Crippen molar-refractivity contribution in [1.82, 2.24) is 5.32 Å². The van der Waals surface area contributed by atoms with Crippen molar-refractivity contribution in [2.45, 2.75) is 33.4 Å². The Kier molecular flexibility index (Phi) is 6.15. The Balaban J connectivity index is 1.97. The lowest BCUT2D eigenvalue weighted by Gasteiger charge is -2.06. The zero-order chi connectivity index (χ0) is 15.2. The molecule has 1 heterocycles. The molecule has 0 spiro atoms. The Morgan fingerprint density at radius 3 is 2.90 bits per heavy atom. The smallest absolute Gasteiger partial charge is 0.146 e. The minimum atomic E-state index is 0.366. The number of rotatable bonds is 7. The van der Waals surface area contributed by atoms with Gasteiger partial charge in [-0.05, 0) is 49.7 Å². The molecule has 0 aliphatic heterocycles. The predicted octanol–water partition coefficient (Wildman–Crippen LogP) is 5.08. The SMILES string of the molecule is CCCNCc1oc(COc2cc(Br)ccc2Cl)cc1C. The number of hydrogen-bond acceptors (Lipinski definition) is 3. The summed E-state index contributed by atoms with van der Waals surface area (Å²) in [6.07, 6.45) is 1.11. The van der Waals surface area contributed by atoms with E-state index in [9.17, 15) is 0 Å². The van der Waals surface area contributed by atoms with Gasteiger partial charge in [0.2, 0.25) is 0 Å². The highest BCUT2D eigenvalue weighted by molar-refractivity contribution is 9.10. The first-order valence-electron chi connectivity index (χ1n) is 6.97. The Bertz CT molecular complexity index is 598. The van der Waals surface area contributed by atoms with E-state index in [1.807, 2.05) is 25.1 Å². The zero-order valence-corrected chi connectivity index (χ0v) is 14.6. The van der Waals surface area contributed by atoms with E-state index in [1.54, 1.807) is 6.07 Å². The number of nitrogens with one attached hydrogen (secondary N) is 1. The lowest BCUT2D eigenvalue weighted by molar-refractivity contribution is 0.265. The molecule has 0 fully saturated rings. The van der Waals surface area contributed by atoms with Crippen molar-refractivity contribution in [3.8, 4) is 5.75 Å². The Hall–Kier alpha value is -0.970. The van der Waals surface area contributed by atoms with Crippen molar-refractivity contribution in [3.63, 3.8) is 0 Å². The van der Waals surface area contributed by atoms with Crippen LogP contribution in [-0.2, 0) is 13.2 Å². The third kappa shape index (κ3) is 4.77. The molecule has 1 N–H and O–H groups in total. The molecule has 21 heavy (non-hydrogen) atoms. The average molecular weight is 373 g/mol. The Morgan fingerprint density at radius 2 is 2.14 bits per heavy atom. The molecule has 0 radical (unpaired) electrons. The van der Waals surface area contributed by atoms with Gasteiger partial charge in [0.25, 0.3) is 0 Å². The van der Waals surface area contributed by atoms with Gasteiger partial charge in [0.15, 0.2) is 0 Å². The van der Waals surface area contributed by atoms with E-state index in [1.165, 1.54) is 0 Å². The maximum atomic E-state index is 6.10. The van der Waals surface area contributed by atoms with Gasteiger partial charge in [-0.15, -0.1) is 0 Å². The number of aryl methyl sites for hydroxylation is 1. The molecule has 114 valence electrons. The van der Waals surface area contributed by atoms with Crippen LogP contribution in [0.15, 0.2) is 33.2 Å². The summed E-state index contributed by atoms with van der Waals surface area (Å²) in [6.45, 7) is 6.28. The van der Waals surface area contributed by atoms with E-state index in [4.69, 9.17) is 20.8 Å². The lowest BCUT2D eigenvalue weighted by Crippen LogP contribution is -2.13. The molecule has 0 aliphatic rings. The summed E-state index contributed by atoms with van der Waals surface area (Å²) >= 11 is 9.50. The molecular weight excluding hydrogens is 354 g/mol. The second-order valence-electron chi connectivity index (χ2n) is 4.86. The maximum Gasteiger partial charge on any atom is 0.146 e. The van der Waals surface area contributed by atoms with E-state index in [0.717, 1.165) is 41.1 Å². The molecule has 2 rings (SSSR count). The van der Waals surface area contributed by atoms with Gasteiger partial charge < -0.3 is 14.5 Å². The molecule has 1 aromatic carbocycles. The van der Waals surface area contributed by atoms with E-state index < -0.39 is 0 Å². The molecule has 0 saturated heterocycles. The third-order valence-electron chi connectivity index (χ3n) is 3.05. The van der Waals surface area contributed by atoms with Gasteiger partial charge >= 0.3 is 0 Å². The summed E-state index contributed by atoms with van der Waals surface area (Å²) in [6, 6.07) is 7.54. The quantitative estimate of drug-likeness (QED) is 0.688. The van der Waals surface area contributed by atoms with Gasteiger partial charge in [-0.2, -0.15) is 0 Å². The van der Waals surface area contributed by atoms with Crippen LogP contribution >= 0.6 is 27.5 Å². The summed E-state index contributed by atoms with van der Waals surface area (Å²) in [5.41, 5.74) is 1.14. The van der Waals surface area contributed by atoms with E-state index >= 15 is 0 Å².